The quantitative estimate of drug-likeness (QED) is 0.634. The summed E-state index contributed by atoms with van der Waals surface area (Å²) < 4.78 is 1.60. The van der Waals surface area contributed by atoms with Gasteiger partial charge in [0, 0.05) is 61.2 Å². The van der Waals surface area contributed by atoms with Crippen LogP contribution in [0.25, 0.3) is 10.9 Å². The SMILES string of the molecule is O=C(O)Cn1cc(C(C(=O)O)N2CCCN(c3ncccn3)CC2)c2ccccc21. The first-order valence-corrected chi connectivity index (χ1v) is 9.83. The van der Waals surface area contributed by atoms with Crippen molar-refractivity contribution in [2.45, 2.75) is 19.0 Å². The zero-order valence-electron chi connectivity index (χ0n) is 16.4. The molecule has 9 nitrogen and oxygen atoms in total. The van der Waals surface area contributed by atoms with E-state index in [2.05, 4.69) is 14.9 Å². The van der Waals surface area contributed by atoms with Crippen molar-refractivity contribution in [2.75, 3.05) is 31.1 Å². The molecule has 3 aromatic rings. The van der Waals surface area contributed by atoms with E-state index in [0.717, 1.165) is 23.9 Å². The van der Waals surface area contributed by atoms with Gasteiger partial charge in [0.25, 0.3) is 0 Å². The zero-order valence-corrected chi connectivity index (χ0v) is 16.4. The lowest BCUT2D eigenvalue weighted by Gasteiger charge is -2.27. The Labute approximate surface area is 173 Å². The highest BCUT2D eigenvalue weighted by atomic mass is 16.4. The van der Waals surface area contributed by atoms with Gasteiger partial charge in [0.15, 0.2) is 0 Å². The Hall–Kier alpha value is -3.46. The molecular weight excluding hydrogens is 386 g/mol. The minimum Gasteiger partial charge on any atom is -0.480 e. The fourth-order valence-corrected chi connectivity index (χ4v) is 4.11. The van der Waals surface area contributed by atoms with E-state index in [9.17, 15) is 19.8 Å². The number of carbonyl (C=O) groups is 2. The molecule has 1 aliphatic heterocycles. The number of fused-ring (bicyclic) bond motifs is 1. The van der Waals surface area contributed by atoms with Gasteiger partial charge in [-0.05, 0) is 18.6 Å². The monoisotopic (exact) mass is 409 g/mol. The molecule has 0 radical (unpaired) electrons. The van der Waals surface area contributed by atoms with Gasteiger partial charge in [0.05, 0.1) is 0 Å². The van der Waals surface area contributed by atoms with Crippen molar-refractivity contribution in [1.82, 2.24) is 19.4 Å². The maximum Gasteiger partial charge on any atom is 0.325 e. The fourth-order valence-electron chi connectivity index (χ4n) is 4.11. The molecule has 3 heterocycles. The van der Waals surface area contributed by atoms with Gasteiger partial charge < -0.3 is 19.7 Å². The lowest BCUT2D eigenvalue weighted by Crippen LogP contribution is -2.37. The van der Waals surface area contributed by atoms with E-state index < -0.39 is 18.0 Å². The number of benzene rings is 1. The molecule has 0 saturated carbocycles. The maximum absolute atomic E-state index is 12.3. The number of hydrogen-bond acceptors (Lipinski definition) is 6. The van der Waals surface area contributed by atoms with Crippen LogP contribution in [0.5, 0.6) is 0 Å². The van der Waals surface area contributed by atoms with Gasteiger partial charge in [-0.3, -0.25) is 14.5 Å². The third-order valence-electron chi connectivity index (χ3n) is 5.38. The van der Waals surface area contributed by atoms with Crippen molar-refractivity contribution in [3.63, 3.8) is 0 Å². The highest BCUT2D eigenvalue weighted by molar-refractivity contribution is 5.90. The van der Waals surface area contributed by atoms with Crippen LogP contribution in [0.15, 0.2) is 48.9 Å². The van der Waals surface area contributed by atoms with Crippen molar-refractivity contribution < 1.29 is 19.8 Å². The van der Waals surface area contributed by atoms with E-state index in [-0.39, 0.29) is 6.54 Å². The minimum absolute atomic E-state index is 0.216. The van der Waals surface area contributed by atoms with Crippen LogP contribution < -0.4 is 4.90 Å². The second-order valence-corrected chi connectivity index (χ2v) is 7.29. The van der Waals surface area contributed by atoms with E-state index >= 15 is 0 Å². The van der Waals surface area contributed by atoms with Crippen LogP contribution in [-0.4, -0.2) is 67.8 Å². The lowest BCUT2D eigenvalue weighted by molar-refractivity contribution is -0.143. The number of anilines is 1. The smallest absolute Gasteiger partial charge is 0.325 e. The molecule has 0 aliphatic carbocycles. The molecule has 1 atom stereocenters. The Morgan fingerprint density at radius 3 is 2.50 bits per heavy atom. The van der Waals surface area contributed by atoms with Gasteiger partial charge in [-0.15, -0.1) is 0 Å². The summed E-state index contributed by atoms with van der Waals surface area (Å²) >= 11 is 0. The second kappa shape index (κ2) is 8.50. The van der Waals surface area contributed by atoms with Gasteiger partial charge in [0.2, 0.25) is 5.95 Å². The van der Waals surface area contributed by atoms with Gasteiger partial charge >= 0.3 is 11.9 Å². The average molecular weight is 409 g/mol. The van der Waals surface area contributed by atoms with Crippen LogP contribution in [0.3, 0.4) is 0 Å². The van der Waals surface area contributed by atoms with Crippen molar-refractivity contribution >= 4 is 28.8 Å². The molecule has 2 N–H and O–H groups in total. The van der Waals surface area contributed by atoms with E-state index in [1.165, 1.54) is 0 Å². The molecule has 4 rings (SSSR count). The average Bonchev–Trinajstić information content (AvgIpc) is 2.91. The van der Waals surface area contributed by atoms with Gasteiger partial charge in [-0.1, -0.05) is 18.2 Å². The second-order valence-electron chi connectivity index (χ2n) is 7.29. The first kappa shape index (κ1) is 19.8. The summed E-state index contributed by atoms with van der Waals surface area (Å²) in [6, 6.07) is 8.23. The van der Waals surface area contributed by atoms with Crippen LogP contribution in [0.1, 0.15) is 18.0 Å². The zero-order chi connectivity index (χ0) is 21.1. The Morgan fingerprint density at radius 1 is 1.00 bits per heavy atom. The van der Waals surface area contributed by atoms with Crippen molar-refractivity contribution in [1.29, 1.82) is 0 Å². The number of aliphatic carboxylic acids is 2. The van der Waals surface area contributed by atoms with Gasteiger partial charge in [0.1, 0.15) is 12.6 Å². The minimum atomic E-state index is -0.970. The molecule has 0 bridgehead atoms. The summed E-state index contributed by atoms with van der Waals surface area (Å²) in [6.07, 6.45) is 5.83. The Morgan fingerprint density at radius 2 is 1.77 bits per heavy atom. The molecular formula is C21H23N5O4. The molecule has 1 aromatic carbocycles. The molecule has 1 saturated heterocycles. The Kier molecular flexibility index (Phi) is 5.62. The number of hydrogen-bond donors (Lipinski definition) is 2. The molecule has 2 aromatic heterocycles. The third-order valence-corrected chi connectivity index (χ3v) is 5.38. The van der Waals surface area contributed by atoms with Crippen LogP contribution >= 0.6 is 0 Å². The largest absolute Gasteiger partial charge is 0.480 e. The van der Waals surface area contributed by atoms with Gasteiger partial charge in [-0.2, -0.15) is 0 Å². The van der Waals surface area contributed by atoms with E-state index in [4.69, 9.17) is 0 Å². The highest BCUT2D eigenvalue weighted by Crippen LogP contribution is 2.31. The first-order chi connectivity index (χ1) is 14.5. The van der Waals surface area contributed by atoms with Crippen molar-refractivity contribution in [3.8, 4) is 0 Å². The van der Waals surface area contributed by atoms with Crippen LogP contribution in [-0.2, 0) is 16.1 Å². The molecule has 9 heteroatoms. The van der Waals surface area contributed by atoms with Gasteiger partial charge in [-0.25, -0.2) is 9.97 Å². The first-order valence-electron chi connectivity index (χ1n) is 9.83. The summed E-state index contributed by atoms with van der Waals surface area (Å²) in [5.41, 5.74) is 1.33. The molecule has 1 aliphatic rings. The van der Waals surface area contributed by atoms with Crippen molar-refractivity contribution in [2.24, 2.45) is 0 Å². The Balaban J connectivity index is 1.65. The number of rotatable bonds is 6. The molecule has 0 spiro atoms. The molecule has 1 unspecified atom stereocenters. The van der Waals surface area contributed by atoms with E-state index in [1.54, 1.807) is 29.2 Å². The molecule has 30 heavy (non-hydrogen) atoms. The van der Waals surface area contributed by atoms with Crippen LogP contribution in [0, 0.1) is 0 Å². The third kappa shape index (κ3) is 3.97. The topological polar surface area (TPSA) is 112 Å². The molecule has 1 fully saturated rings. The predicted octanol–water partition coefficient (Wildman–Crippen LogP) is 1.85. The summed E-state index contributed by atoms with van der Waals surface area (Å²) in [7, 11) is 0. The summed E-state index contributed by atoms with van der Waals surface area (Å²) in [6.45, 7) is 2.29. The summed E-state index contributed by atoms with van der Waals surface area (Å²) in [5, 5.41) is 20.1. The number of carboxylic acids is 2. The van der Waals surface area contributed by atoms with Crippen LogP contribution in [0.4, 0.5) is 5.95 Å². The fraction of sp³-hybridized carbons (Fsp3) is 0.333. The number of nitrogens with zero attached hydrogens (tertiary/aromatic N) is 5. The predicted molar refractivity (Wildman–Crippen MR) is 110 cm³/mol. The van der Waals surface area contributed by atoms with E-state index in [1.807, 2.05) is 29.2 Å². The number of aromatic nitrogens is 3. The van der Waals surface area contributed by atoms with Crippen molar-refractivity contribution in [3.05, 3.63) is 54.5 Å². The molecule has 156 valence electrons. The standard InChI is InChI=1S/C21H23N5O4/c27-18(28)14-26-13-16(15-5-1-2-6-17(15)26)19(20(29)30)24-9-4-10-25(12-11-24)21-22-7-3-8-23-21/h1-3,5-8,13,19H,4,9-12,14H2,(H,27,28)(H,29,30). The van der Waals surface area contributed by atoms with Crippen LogP contribution in [0.2, 0.25) is 0 Å². The number of para-hydroxylation sites is 1. The summed E-state index contributed by atoms with van der Waals surface area (Å²) in [4.78, 5) is 36.2. The van der Waals surface area contributed by atoms with E-state index in [0.29, 0.717) is 31.1 Å². The molecule has 0 amide bonds. The normalized spacial score (nSPS) is 16.3. The summed E-state index contributed by atoms with van der Waals surface area (Å²) in [5.74, 6) is -1.27. The Bertz CT molecular complexity index is 1050. The lowest BCUT2D eigenvalue weighted by atomic mass is 10.0. The number of carboxylic acid groups (broad SMARTS) is 2. The maximum atomic E-state index is 12.3. The highest BCUT2D eigenvalue weighted by Gasteiger charge is 2.32.